The molecule has 0 fully saturated rings. The Bertz CT molecular complexity index is 1550. The van der Waals surface area contributed by atoms with E-state index in [2.05, 4.69) is 4.98 Å². The lowest BCUT2D eigenvalue weighted by Gasteiger charge is -2.10. The highest BCUT2D eigenvalue weighted by Gasteiger charge is 2.24. The van der Waals surface area contributed by atoms with Gasteiger partial charge in [-0.25, -0.2) is 17.2 Å². The second kappa shape index (κ2) is 8.41. The van der Waals surface area contributed by atoms with Crippen molar-refractivity contribution in [3.05, 3.63) is 89.8 Å². The Morgan fingerprint density at radius 3 is 2.50 bits per heavy atom. The Morgan fingerprint density at radius 2 is 1.74 bits per heavy atom. The Labute approximate surface area is 199 Å². The number of anilines is 1. The molecule has 1 amide bonds. The highest BCUT2D eigenvalue weighted by Crippen LogP contribution is 2.38. The van der Waals surface area contributed by atoms with Crippen LogP contribution in [0.15, 0.2) is 71.9 Å². The van der Waals surface area contributed by atoms with Crippen molar-refractivity contribution >= 4 is 32.8 Å². The number of likely N-dealkylation sites (N-methyl/N-ethyl adjacent to an activating group) is 1. The maximum atomic E-state index is 14.0. The topological polar surface area (TPSA) is 67.3 Å². The van der Waals surface area contributed by atoms with Gasteiger partial charge in [-0.05, 0) is 59.2 Å². The number of sulfone groups is 1. The Morgan fingerprint density at radius 1 is 0.971 bits per heavy atom. The fourth-order valence-corrected chi connectivity index (χ4v) is 6.36. The van der Waals surface area contributed by atoms with Crippen LogP contribution in [-0.4, -0.2) is 26.4 Å². The first kappa shape index (κ1) is 22.4. The first-order valence-electron chi connectivity index (χ1n) is 10.3. The van der Waals surface area contributed by atoms with Crippen molar-refractivity contribution in [2.45, 2.75) is 17.1 Å². The third-order valence-electron chi connectivity index (χ3n) is 5.71. The number of fused-ring (bicyclic) bond motifs is 1. The van der Waals surface area contributed by atoms with Crippen LogP contribution in [0.25, 0.3) is 20.9 Å². The van der Waals surface area contributed by atoms with Crippen molar-refractivity contribution < 1.29 is 22.0 Å². The number of rotatable bonds is 5. The van der Waals surface area contributed by atoms with Crippen LogP contribution < -0.4 is 4.90 Å². The van der Waals surface area contributed by atoms with E-state index in [1.54, 1.807) is 24.2 Å². The lowest BCUT2D eigenvalue weighted by atomic mass is 10.1. The molecule has 0 saturated heterocycles. The van der Waals surface area contributed by atoms with E-state index in [4.69, 9.17) is 0 Å². The number of carbonyl (C=O) groups is 1. The minimum absolute atomic E-state index is 0.0670. The SMILES string of the molecule is CN1C(=O)Cc2cc(-c3ccc(-c4cncc(CS(=O)(=O)c5ccc(F)cc5F)c4)s3)ccc21. The number of hydrogen-bond acceptors (Lipinski definition) is 5. The zero-order chi connectivity index (χ0) is 24.0. The van der Waals surface area contributed by atoms with Gasteiger partial charge < -0.3 is 4.90 Å². The van der Waals surface area contributed by atoms with E-state index >= 15 is 0 Å². The Balaban J connectivity index is 1.41. The number of benzene rings is 2. The molecule has 5 nitrogen and oxygen atoms in total. The summed E-state index contributed by atoms with van der Waals surface area (Å²) in [5.41, 5.74) is 4.04. The number of hydrogen-bond donors (Lipinski definition) is 0. The van der Waals surface area contributed by atoms with Gasteiger partial charge in [0.15, 0.2) is 9.84 Å². The van der Waals surface area contributed by atoms with E-state index in [1.807, 2.05) is 30.3 Å². The van der Waals surface area contributed by atoms with E-state index in [-0.39, 0.29) is 5.91 Å². The van der Waals surface area contributed by atoms with Gasteiger partial charge in [0.1, 0.15) is 16.5 Å². The lowest BCUT2D eigenvalue weighted by Crippen LogP contribution is -2.20. The summed E-state index contributed by atoms with van der Waals surface area (Å²) in [4.78, 5) is 19.1. The third-order valence-corrected chi connectivity index (χ3v) is 8.61. The molecule has 5 rings (SSSR count). The molecule has 4 aromatic rings. The minimum Gasteiger partial charge on any atom is -0.315 e. The van der Waals surface area contributed by atoms with Crippen LogP contribution in [0.4, 0.5) is 14.5 Å². The van der Waals surface area contributed by atoms with Crippen LogP contribution in [0.2, 0.25) is 0 Å². The lowest BCUT2D eigenvalue weighted by molar-refractivity contribution is -0.117. The van der Waals surface area contributed by atoms with Crippen molar-refractivity contribution in [3.63, 3.8) is 0 Å². The van der Waals surface area contributed by atoms with Crippen molar-refractivity contribution in [3.8, 4) is 20.9 Å². The van der Waals surface area contributed by atoms with Gasteiger partial charge in [0, 0.05) is 46.5 Å². The fraction of sp³-hybridized carbons (Fsp3) is 0.120. The molecule has 2 aromatic heterocycles. The molecule has 0 saturated carbocycles. The first-order chi connectivity index (χ1) is 16.2. The molecule has 0 spiro atoms. The minimum atomic E-state index is -4.02. The maximum Gasteiger partial charge on any atom is 0.231 e. The van der Waals surface area contributed by atoms with Crippen LogP contribution in [0, 0.1) is 11.6 Å². The quantitative estimate of drug-likeness (QED) is 0.354. The molecule has 9 heteroatoms. The molecule has 0 aliphatic carbocycles. The number of aromatic nitrogens is 1. The van der Waals surface area contributed by atoms with Gasteiger partial charge in [0.2, 0.25) is 5.91 Å². The van der Waals surface area contributed by atoms with Gasteiger partial charge in [-0.1, -0.05) is 6.07 Å². The molecule has 172 valence electrons. The highest BCUT2D eigenvalue weighted by molar-refractivity contribution is 7.90. The summed E-state index contributed by atoms with van der Waals surface area (Å²) in [6.45, 7) is 0. The molecule has 1 aliphatic rings. The molecule has 0 N–H and O–H groups in total. The van der Waals surface area contributed by atoms with Gasteiger partial charge in [-0.3, -0.25) is 9.78 Å². The number of nitrogens with zero attached hydrogens (tertiary/aromatic N) is 2. The summed E-state index contributed by atoms with van der Waals surface area (Å²) in [6, 6.07) is 14.0. The normalized spacial score (nSPS) is 13.4. The summed E-state index contributed by atoms with van der Waals surface area (Å²) in [7, 11) is -2.26. The van der Waals surface area contributed by atoms with Crippen LogP contribution in [0.1, 0.15) is 11.1 Å². The molecule has 0 atom stereocenters. The Hall–Kier alpha value is -3.43. The zero-order valence-electron chi connectivity index (χ0n) is 18.0. The number of halogens is 2. The van der Waals surface area contributed by atoms with Gasteiger partial charge in [-0.15, -0.1) is 11.3 Å². The van der Waals surface area contributed by atoms with Crippen molar-refractivity contribution in [1.29, 1.82) is 0 Å². The summed E-state index contributed by atoms with van der Waals surface area (Å²) >= 11 is 1.52. The molecule has 0 bridgehead atoms. The number of pyridine rings is 1. The second-order valence-electron chi connectivity index (χ2n) is 8.05. The van der Waals surface area contributed by atoms with Crippen molar-refractivity contribution in [1.82, 2.24) is 4.98 Å². The maximum absolute atomic E-state index is 14.0. The third kappa shape index (κ3) is 4.12. The largest absolute Gasteiger partial charge is 0.315 e. The van der Waals surface area contributed by atoms with Gasteiger partial charge in [0.25, 0.3) is 0 Å². The van der Waals surface area contributed by atoms with E-state index in [1.165, 1.54) is 17.5 Å². The average molecular weight is 497 g/mol. The molecule has 34 heavy (non-hydrogen) atoms. The zero-order valence-corrected chi connectivity index (χ0v) is 19.6. The predicted molar refractivity (Wildman–Crippen MR) is 127 cm³/mol. The molecule has 0 unspecified atom stereocenters. The molecule has 2 aromatic carbocycles. The summed E-state index contributed by atoms with van der Waals surface area (Å²) < 4.78 is 52.6. The first-order valence-corrected chi connectivity index (χ1v) is 12.8. The van der Waals surface area contributed by atoms with Crippen LogP contribution in [0.3, 0.4) is 0 Å². The summed E-state index contributed by atoms with van der Waals surface area (Å²) in [5.74, 6) is -2.34. The number of carbonyl (C=O) groups excluding carboxylic acids is 1. The van der Waals surface area contributed by atoms with Crippen LogP contribution in [0.5, 0.6) is 0 Å². The monoisotopic (exact) mass is 496 g/mol. The van der Waals surface area contributed by atoms with Gasteiger partial charge in [-0.2, -0.15) is 0 Å². The summed E-state index contributed by atoms with van der Waals surface area (Å²) in [5, 5.41) is 0. The Kier molecular flexibility index (Phi) is 5.53. The molecular weight excluding hydrogens is 478 g/mol. The predicted octanol–water partition coefficient (Wildman–Crippen LogP) is 5.25. The fourth-order valence-electron chi connectivity index (χ4n) is 4.00. The van der Waals surface area contributed by atoms with Gasteiger partial charge >= 0.3 is 0 Å². The second-order valence-corrected chi connectivity index (χ2v) is 11.1. The van der Waals surface area contributed by atoms with Crippen LogP contribution >= 0.6 is 11.3 Å². The van der Waals surface area contributed by atoms with Crippen molar-refractivity contribution in [2.75, 3.05) is 11.9 Å². The van der Waals surface area contributed by atoms with E-state index in [0.29, 0.717) is 18.1 Å². The molecular formula is C25H18F2N2O3S2. The van der Waals surface area contributed by atoms with Gasteiger partial charge in [0.05, 0.1) is 12.2 Å². The number of thiophene rings is 1. The average Bonchev–Trinajstić information content (AvgIpc) is 3.38. The molecule has 3 heterocycles. The molecule has 1 aliphatic heterocycles. The summed E-state index contributed by atoms with van der Waals surface area (Å²) in [6.07, 6.45) is 3.44. The molecule has 0 radical (unpaired) electrons. The number of amides is 1. The van der Waals surface area contributed by atoms with Crippen molar-refractivity contribution in [2.24, 2.45) is 0 Å². The highest BCUT2D eigenvalue weighted by atomic mass is 32.2. The van der Waals surface area contributed by atoms with E-state index < -0.39 is 32.1 Å². The van der Waals surface area contributed by atoms with E-state index in [9.17, 15) is 22.0 Å². The standard InChI is InChI=1S/C25H18F2N2O3S2/c1-29-21-4-2-16(9-17(21)10-25(29)30)22-5-6-23(33-22)18-8-15(12-28-13-18)14-34(31,32)24-7-3-19(26)11-20(24)27/h2-9,11-13H,10,14H2,1H3. The van der Waals surface area contributed by atoms with Crippen LogP contribution in [-0.2, 0) is 26.8 Å². The van der Waals surface area contributed by atoms with E-state index in [0.717, 1.165) is 44.3 Å². The smallest absolute Gasteiger partial charge is 0.231 e.